The van der Waals surface area contributed by atoms with E-state index >= 15 is 0 Å². The molecule has 1 saturated heterocycles. The van der Waals surface area contributed by atoms with Crippen LogP contribution in [0.25, 0.3) is 0 Å². The molecule has 3 N–H and O–H groups in total. The van der Waals surface area contributed by atoms with Gasteiger partial charge in [-0.15, -0.1) is 0 Å². The summed E-state index contributed by atoms with van der Waals surface area (Å²) in [5, 5.41) is 2.76. The van der Waals surface area contributed by atoms with E-state index in [1.165, 1.54) is 0 Å². The molecule has 1 aliphatic heterocycles. The SMILES string of the molecule is CCC(N)C(c1ccco1)N1CCC(C)(C(=O)NC)C1. The quantitative estimate of drug-likeness (QED) is 0.857. The second-order valence-corrected chi connectivity index (χ2v) is 5.89. The summed E-state index contributed by atoms with van der Waals surface area (Å²) in [4.78, 5) is 14.3. The third-order valence-electron chi connectivity index (χ3n) is 4.38. The van der Waals surface area contributed by atoms with E-state index in [9.17, 15) is 4.79 Å². The van der Waals surface area contributed by atoms with Crippen molar-refractivity contribution >= 4 is 5.91 Å². The van der Waals surface area contributed by atoms with Crippen molar-refractivity contribution in [3.05, 3.63) is 24.2 Å². The van der Waals surface area contributed by atoms with Crippen LogP contribution in [0.1, 0.15) is 38.5 Å². The number of rotatable bonds is 5. The van der Waals surface area contributed by atoms with Gasteiger partial charge in [0.1, 0.15) is 5.76 Å². The third kappa shape index (κ3) is 2.74. The van der Waals surface area contributed by atoms with Gasteiger partial charge >= 0.3 is 0 Å². The van der Waals surface area contributed by atoms with Gasteiger partial charge in [0, 0.05) is 26.2 Å². The average molecular weight is 279 g/mol. The van der Waals surface area contributed by atoms with E-state index in [2.05, 4.69) is 17.1 Å². The number of furan rings is 1. The lowest BCUT2D eigenvalue weighted by molar-refractivity contribution is -0.129. The Hall–Kier alpha value is -1.33. The molecular formula is C15H25N3O2. The molecule has 5 heteroatoms. The largest absolute Gasteiger partial charge is 0.468 e. The second-order valence-electron chi connectivity index (χ2n) is 5.89. The van der Waals surface area contributed by atoms with Gasteiger partial charge in [-0.05, 0) is 31.9 Å². The molecule has 0 spiro atoms. The summed E-state index contributed by atoms with van der Waals surface area (Å²) in [5.41, 5.74) is 5.94. The molecule has 0 saturated carbocycles. The number of carbonyl (C=O) groups excluding carboxylic acids is 1. The highest BCUT2D eigenvalue weighted by Crippen LogP contribution is 2.37. The topological polar surface area (TPSA) is 71.5 Å². The Morgan fingerprint density at radius 1 is 1.65 bits per heavy atom. The molecule has 1 aromatic rings. The molecule has 20 heavy (non-hydrogen) atoms. The molecule has 2 heterocycles. The fraction of sp³-hybridized carbons (Fsp3) is 0.667. The van der Waals surface area contributed by atoms with E-state index < -0.39 is 0 Å². The van der Waals surface area contributed by atoms with E-state index in [-0.39, 0.29) is 23.4 Å². The summed E-state index contributed by atoms with van der Waals surface area (Å²) in [7, 11) is 1.69. The Balaban J connectivity index is 2.18. The molecule has 0 bridgehead atoms. The zero-order chi connectivity index (χ0) is 14.8. The lowest BCUT2D eigenvalue weighted by Crippen LogP contribution is -2.43. The van der Waals surface area contributed by atoms with Gasteiger partial charge in [-0.3, -0.25) is 9.69 Å². The molecular weight excluding hydrogens is 254 g/mol. The highest BCUT2D eigenvalue weighted by Gasteiger charge is 2.43. The van der Waals surface area contributed by atoms with Crippen molar-refractivity contribution in [2.45, 2.75) is 38.8 Å². The molecule has 1 fully saturated rings. The number of nitrogens with two attached hydrogens (primary N) is 1. The summed E-state index contributed by atoms with van der Waals surface area (Å²) in [5.74, 6) is 0.990. The van der Waals surface area contributed by atoms with Gasteiger partial charge in [-0.2, -0.15) is 0 Å². The molecule has 0 radical (unpaired) electrons. The van der Waals surface area contributed by atoms with E-state index in [4.69, 9.17) is 10.2 Å². The summed E-state index contributed by atoms with van der Waals surface area (Å²) < 4.78 is 5.56. The first kappa shape index (κ1) is 15.1. The van der Waals surface area contributed by atoms with Crippen molar-refractivity contribution in [3.63, 3.8) is 0 Å². The average Bonchev–Trinajstić information content (AvgIpc) is 3.09. The second kappa shape index (κ2) is 5.97. The number of likely N-dealkylation sites (tertiary alicyclic amines) is 1. The predicted molar refractivity (Wildman–Crippen MR) is 78.1 cm³/mol. The van der Waals surface area contributed by atoms with E-state index in [0.29, 0.717) is 6.54 Å². The van der Waals surface area contributed by atoms with E-state index in [1.54, 1.807) is 13.3 Å². The molecule has 0 aliphatic carbocycles. The summed E-state index contributed by atoms with van der Waals surface area (Å²) in [6.07, 6.45) is 3.40. The maximum atomic E-state index is 12.0. The molecule has 112 valence electrons. The zero-order valence-corrected chi connectivity index (χ0v) is 12.6. The highest BCUT2D eigenvalue weighted by atomic mass is 16.3. The normalized spacial score (nSPS) is 26.4. The van der Waals surface area contributed by atoms with E-state index in [1.807, 2.05) is 19.1 Å². The van der Waals surface area contributed by atoms with Crippen LogP contribution in [0.4, 0.5) is 0 Å². The number of amides is 1. The maximum Gasteiger partial charge on any atom is 0.227 e. The molecule has 3 unspecified atom stereocenters. The summed E-state index contributed by atoms with van der Waals surface area (Å²) in [6.45, 7) is 5.67. The van der Waals surface area contributed by atoms with Crippen LogP contribution >= 0.6 is 0 Å². The van der Waals surface area contributed by atoms with Gasteiger partial charge < -0.3 is 15.5 Å². The fourth-order valence-electron chi connectivity index (χ4n) is 3.07. The molecule has 2 rings (SSSR count). The zero-order valence-electron chi connectivity index (χ0n) is 12.6. The van der Waals surface area contributed by atoms with Crippen LogP contribution < -0.4 is 11.1 Å². The Labute approximate surface area is 120 Å². The third-order valence-corrected chi connectivity index (χ3v) is 4.38. The van der Waals surface area contributed by atoms with Crippen LogP contribution in [0.5, 0.6) is 0 Å². The van der Waals surface area contributed by atoms with Gasteiger partial charge in [0.2, 0.25) is 5.91 Å². The highest BCUT2D eigenvalue weighted by molar-refractivity contribution is 5.82. The minimum Gasteiger partial charge on any atom is -0.468 e. The first-order valence-electron chi connectivity index (χ1n) is 7.27. The first-order valence-corrected chi connectivity index (χ1v) is 7.27. The number of nitrogens with one attached hydrogen (secondary N) is 1. The van der Waals surface area contributed by atoms with Crippen molar-refractivity contribution in [2.75, 3.05) is 20.1 Å². The van der Waals surface area contributed by atoms with Gasteiger partial charge in [0.25, 0.3) is 0 Å². The van der Waals surface area contributed by atoms with Crippen LogP contribution in [-0.2, 0) is 4.79 Å². The smallest absolute Gasteiger partial charge is 0.227 e. The van der Waals surface area contributed by atoms with Crippen molar-refractivity contribution in [1.82, 2.24) is 10.2 Å². The fourth-order valence-corrected chi connectivity index (χ4v) is 3.07. The number of nitrogens with zero attached hydrogens (tertiary/aromatic N) is 1. The summed E-state index contributed by atoms with van der Waals surface area (Å²) in [6, 6.07) is 3.91. The van der Waals surface area contributed by atoms with Crippen LogP contribution in [0.2, 0.25) is 0 Å². The number of carbonyl (C=O) groups is 1. The Morgan fingerprint density at radius 2 is 2.40 bits per heavy atom. The van der Waals surface area contributed by atoms with E-state index in [0.717, 1.165) is 25.1 Å². The molecule has 3 atom stereocenters. The van der Waals surface area contributed by atoms with Crippen LogP contribution in [0, 0.1) is 5.41 Å². The Kier molecular flexibility index (Phi) is 4.50. The van der Waals surface area contributed by atoms with Crippen molar-refractivity contribution < 1.29 is 9.21 Å². The van der Waals surface area contributed by atoms with Crippen molar-refractivity contribution in [3.8, 4) is 0 Å². The van der Waals surface area contributed by atoms with Crippen molar-refractivity contribution in [1.29, 1.82) is 0 Å². The van der Waals surface area contributed by atoms with Gasteiger partial charge in [0.05, 0.1) is 17.7 Å². The van der Waals surface area contributed by atoms with Gasteiger partial charge in [-0.1, -0.05) is 6.92 Å². The number of hydrogen-bond acceptors (Lipinski definition) is 4. The van der Waals surface area contributed by atoms with Crippen LogP contribution in [-0.4, -0.2) is 37.0 Å². The number of hydrogen-bond donors (Lipinski definition) is 2. The minimum absolute atomic E-state index is 0.00758. The Bertz CT molecular complexity index is 446. The molecule has 1 aliphatic rings. The lowest BCUT2D eigenvalue weighted by Gasteiger charge is -2.32. The molecule has 5 nitrogen and oxygen atoms in total. The summed E-state index contributed by atoms with van der Waals surface area (Å²) >= 11 is 0. The monoisotopic (exact) mass is 279 g/mol. The maximum absolute atomic E-state index is 12.0. The van der Waals surface area contributed by atoms with Crippen molar-refractivity contribution in [2.24, 2.45) is 11.1 Å². The van der Waals surface area contributed by atoms with Gasteiger partial charge in [0.15, 0.2) is 0 Å². The van der Waals surface area contributed by atoms with Crippen LogP contribution in [0.3, 0.4) is 0 Å². The minimum atomic E-state index is -0.340. The van der Waals surface area contributed by atoms with Gasteiger partial charge in [-0.25, -0.2) is 0 Å². The molecule has 0 aromatic carbocycles. The Morgan fingerprint density at radius 3 is 2.95 bits per heavy atom. The predicted octanol–water partition coefficient (Wildman–Crippen LogP) is 1.52. The standard InChI is InChI=1S/C15H25N3O2/c1-4-11(16)13(12-6-5-9-20-12)18-8-7-15(2,10-18)14(19)17-3/h5-6,9,11,13H,4,7-8,10,16H2,1-3H3,(H,17,19). The lowest BCUT2D eigenvalue weighted by atomic mass is 9.88. The molecule has 1 amide bonds. The molecule has 1 aromatic heterocycles. The van der Waals surface area contributed by atoms with Crippen LogP contribution in [0.15, 0.2) is 22.8 Å². The first-order chi connectivity index (χ1) is 9.51.